The third-order valence-corrected chi connectivity index (χ3v) is 3.65. The van der Waals surface area contributed by atoms with Crippen LogP contribution in [0.4, 0.5) is 5.69 Å². The fraction of sp³-hybridized carbons (Fsp3) is 0.312. The van der Waals surface area contributed by atoms with Crippen LogP contribution in [0.3, 0.4) is 0 Å². The summed E-state index contributed by atoms with van der Waals surface area (Å²) in [6.45, 7) is 3.91. The standard InChI is InChI=1S/C16H19ClN2O3/c1-9-5-11(10(2)18-9)6-16(20)19-13-8-14(21-3)12(17)7-15(13)22-4/h5,7-8,18H,6H2,1-4H3,(H,19,20). The lowest BCUT2D eigenvalue weighted by Crippen LogP contribution is -2.15. The molecule has 0 aliphatic carbocycles. The zero-order chi connectivity index (χ0) is 16.3. The molecule has 0 aliphatic heterocycles. The summed E-state index contributed by atoms with van der Waals surface area (Å²) in [5, 5.41) is 3.26. The zero-order valence-electron chi connectivity index (χ0n) is 13.0. The van der Waals surface area contributed by atoms with E-state index in [-0.39, 0.29) is 12.3 Å². The Morgan fingerprint density at radius 3 is 2.41 bits per heavy atom. The maximum Gasteiger partial charge on any atom is 0.228 e. The number of hydrogen-bond acceptors (Lipinski definition) is 3. The Morgan fingerprint density at radius 2 is 1.86 bits per heavy atom. The van der Waals surface area contributed by atoms with Gasteiger partial charge in [-0.15, -0.1) is 0 Å². The number of nitrogens with one attached hydrogen (secondary N) is 2. The molecule has 2 aromatic rings. The highest BCUT2D eigenvalue weighted by Crippen LogP contribution is 2.35. The molecule has 0 saturated heterocycles. The fourth-order valence-corrected chi connectivity index (χ4v) is 2.52. The van der Waals surface area contributed by atoms with Gasteiger partial charge in [-0.3, -0.25) is 4.79 Å². The van der Waals surface area contributed by atoms with Gasteiger partial charge < -0.3 is 19.8 Å². The Kier molecular flexibility index (Phi) is 4.98. The highest BCUT2D eigenvalue weighted by molar-refractivity contribution is 6.32. The van der Waals surface area contributed by atoms with Gasteiger partial charge in [-0.25, -0.2) is 0 Å². The molecule has 0 fully saturated rings. The molecule has 5 nitrogen and oxygen atoms in total. The summed E-state index contributed by atoms with van der Waals surface area (Å²) in [4.78, 5) is 15.4. The van der Waals surface area contributed by atoms with Gasteiger partial charge in [0.15, 0.2) is 0 Å². The van der Waals surface area contributed by atoms with Gasteiger partial charge in [0.1, 0.15) is 11.5 Å². The molecule has 0 bridgehead atoms. The molecule has 118 valence electrons. The normalized spacial score (nSPS) is 10.4. The van der Waals surface area contributed by atoms with E-state index in [0.29, 0.717) is 22.2 Å². The summed E-state index contributed by atoms with van der Waals surface area (Å²) in [6, 6.07) is 5.23. The fourth-order valence-electron chi connectivity index (χ4n) is 2.29. The van der Waals surface area contributed by atoms with Crippen molar-refractivity contribution in [2.75, 3.05) is 19.5 Å². The van der Waals surface area contributed by atoms with E-state index in [1.54, 1.807) is 12.1 Å². The van der Waals surface area contributed by atoms with E-state index in [4.69, 9.17) is 21.1 Å². The summed E-state index contributed by atoms with van der Waals surface area (Å²) >= 11 is 6.05. The van der Waals surface area contributed by atoms with Crippen LogP contribution >= 0.6 is 11.6 Å². The molecule has 2 rings (SSSR count). The van der Waals surface area contributed by atoms with Gasteiger partial charge in [-0.2, -0.15) is 0 Å². The number of rotatable bonds is 5. The maximum atomic E-state index is 12.2. The number of halogens is 1. The van der Waals surface area contributed by atoms with E-state index in [1.807, 2.05) is 19.9 Å². The maximum absolute atomic E-state index is 12.2. The molecule has 1 amide bonds. The molecule has 2 N–H and O–H groups in total. The predicted octanol–water partition coefficient (Wildman–Crippen LogP) is 3.48. The lowest BCUT2D eigenvalue weighted by molar-refractivity contribution is -0.115. The van der Waals surface area contributed by atoms with Crippen molar-refractivity contribution in [3.8, 4) is 11.5 Å². The Hall–Kier alpha value is -2.14. The number of aromatic amines is 1. The SMILES string of the molecule is COc1cc(NC(=O)Cc2cc(C)[nH]c2C)c(OC)cc1Cl. The number of hydrogen-bond donors (Lipinski definition) is 2. The van der Waals surface area contributed by atoms with Crippen molar-refractivity contribution < 1.29 is 14.3 Å². The number of carbonyl (C=O) groups is 1. The summed E-state index contributed by atoms with van der Waals surface area (Å²) in [6.07, 6.45) is 0.282. The first-order chi connectivity index (χ1) is 10.4. The van der Waals surface area contributed by atoms with Crippen molar-refractivity contribution in [2.24, 2.45) is 0 Å². The van der Waals surface area contributed by atoms with Gasteiger partial charge in [0, 0.05) is 23.5 Å². The van der Waals surface area contributed by atoms with Crippen molar-refractivity contribution in [2.45, 2.75) is 20.3 Å². The quantitative estimate of drug-likeness (QED) is 0.885. The first kappa shape index (κ1) is 16.2. The molecule has 0 aliphatic rings. The van der Waals surface area contributed by atoms with Gasteiger partial charge in [-0.1, -0.05) is 11.6 Å². The molecular weight excluding hydrogens is 304 g/mol. The average molecular weight is 323 g/mol. The van der Waals surface area contributed by atoms with Crippen LogP contribution in [0.15, 0.2) is 18.2 Å². The third-order valence-electron chi connectivity index (χ3n) is 3.36. The molecular formula is C16H19ClN2O3. The van der Waals surface area contributed by atoms with Crippen molar-refractivity contribution >= 4 is 23.2 Å². The number of H-pyrrole nitrogens is 1. The Bertz CT molecular complexity index is 695. The van der Waals surface area contributed by atoms with E-state index < -0.39 is 0 Å². The van der Waals surface area contributed by atoms with Crippen LogP contribution in [-0.2, 0) is 11.2 Å². The van der Waals surface area contributed by atoms with Gasteiger partial charge in [0.2, 0.25) is 5.91 Å². The molecule has 1 aromatic heterocycles. The van der Waals surface area contributed by atoms with Crippen LogP contribution in [0.2, 0.25) is 5.02 Å². The zero-order valence-corrected chi connectivity index (χ0v) is 13.8. The van der Waals surface area contributed by atoms with Crippen LogP contribution in [0.1, 0.15) is 17.0 Å². The molecule has 6 heteroatoms. The van der Waals surface area contributed by atoms with Crippen LogP contribution in [0.25, 0.3) is 0 Å². The molecule has 22 heavy (non-hydrogen) atoms. The first-order valence-corrected chi connectivity index (χ1v) is 7.18. The number of anilines is 1. The van der Waals surface area contributed by atoms with E-state index in [2.05, 4.69) is 10.3 Å². The first-order valence-electron chi connectivity index (χ1n) is 6.81. The van der Waals surface area contributed by atoms with E-state index in [1.165, 1.54) is 14.2 Å². The van der Waals surface area contributed by atoms with Crippen LogP contribution in [0.5, 0.6) is 11.5 Å². The minimum atomic E-state index is -0.134. The Labute approximate surface area is 134 Å². The van der Waals surface area contributed by atoms with Gasteiger partial charge in [0.05, 0.1) is 31.4 Å². The Morgan fingerprint density at radius 1 is 1.18 bits per heavy atom. The second-order valence-electron chi connectivity index (χ2n) is 5.01. The van der Waals surface area contributed by atoms with Gasteiger partial charge >= 0.3 is 0 Å². The number of aromatic nitrogens is 1. The van der Waals surface area contributed by atoms with Crippen LogP contribution in [-0.4, -0.2) is 25.1 Å². The topological polar surface area (TPSA) is 63.3 Å². The third kappa shape index (κ3) is 3.54. The van der Waals surface area contributed by atoms with E-state index in [9.17, 15) is 4.79 Å². The lowest BCUT2D eigenvalue weighted by atomic mass is 10.1. The average Bonchev–Trinajstić information content (AvgIpc) is 2.78. The van der Waals surface area contributed by atoms with Crippen molar-refractivity contribution in [1.29, 1.82) is 0 Å². The molecule has 0 saturated carbocycles. The summed E-state index contributed by atoms with van der Waals surface area (Å²) in [7, 11) is 3.04. The number of methoxy groups -OCH3 is 2. The number of carbonyl (C=O) groups excluding carboxylic acids is 1. The smallest absolute Gasteiger partial charge is 0.228 e. The van der Waals surface area contributed by atoms with E-state index in [0.717, 1.165) is 17.0 Å². The number of benzene rings is 1. The molecule has 0 unspecified atom stereocenters. The van der Waals surface area contributed by atoms with Crippen LogP contribution < -0.4 is 14.8 Å². The summed E-state index contributed by atoms with van der Waals surface area (Å²) in [5.41, 5.74) is 3.52. The second-order valence-corrected chi connectivity index (χ2v) is 5.42. The Balaban J connectivity index is 2.19. The minimum absolute atomic E-state index is 0.134. The number of aryl methyl sites for hydroxylation is 2. The van der Waals surface area contributed by atoms with Crippen molar-refractivity contribution in [3.05, 3.63) is 40.2 Å². The monoisotopic (exact) mass is 322 g/mol. The van der Waals surface area contributed by atoms with Gasteiger partial charge in [0.25, 0.3) is 0 Å². The molecule has 0 spiro atoms. The minimum Gasteiger partial charge on any atom is -0.495 e. The molecule has 0 radical (unpaired) electrons. The van der Waals surface area contributed by atoms with E-state index >= 15 is 0 Å². The molecule has 1 aromatic carbocycles. The highest BCUT2D eigenvalue weighted by Gasteiger charge is 2.14. The molecule has 0 atom stereocenters. The summed E-state index contributed by atoms with van der Waals surface area (Å²) in [5.74, 6) is 0.831. The highest BCUT2D eigenvalue weighted by atomic mass is 35.5. The number of ether oxygens (including phenoxy) is 2. The van der Waals surface area contributed by atoms with Crippen molar-refractivity contribution in [3.63, 3.8) is 0 Å². The summed E-state index contributed by atoms with van der Waals surface area (Å²) < 4.78 is 10.4. The van der Waals surface area contributed by atoms with Gasteiger partial charge in [-0.05, 0) is 25.5 Å². The predicted molar refractivity (Wildman–Crippen MR) is 87.2 cm³/mol. The largest absolute Gasteiger partial charge is 0.495 e. The van der Waals surface area contributed by atoms with Crippen LogP contribution in [0, 0.1) is 13.8 Å². The number of amides is 1. The molecule has 1 heterocycles. The second kappa shape index (κ2) is 6.75. The lowest BCUT2D eigenvalue weighted by Gasteiger charge is -2.13. The van der Waals surface area contributed by atoms with Crippen molar-refractivity contribution in [1.82, 2.24) is 4.98 Å².